The van der Waals surface area contributed by atoms with Crippen molar-refractivity contribution in [2.45, 2.75) is 6.92 Å². The standard InChI is InChI=1S/C9H6FN3O3/c1-5(14)12-8-3-7(10)9(13(15)16)2-6(8)4-11/h2-3H,1H3,(H,12,14). The molecule has 16 heavy (non-hydrogen) atoms. The van der Waals surface area contributed by atoms with Gasteiger partial charge in [-0.25, -0.2) is 0 Å². The fourth-order valence-corrected chi connectivity index (χ4v) is 1.09. The summed E-state index contributed by atoms with van der Waals surface area (Å²) in [6, 6.07) is 3.16. The highest BCUT2D eigenvalue weighted by Gasteiger charge is 2.18. The average molecular weight is 223 g/mol. The maximum absolute atomic E-state index is 13.2. The average Bonchev–Trinajstić information content (AvgIpc) is 2.16. The van der Waals surface area contributed by atoms with Gasteiger partial charge in [-0.15, -0.1) is 0 Å². The topological polar surface area (TPSA) is 96.0 Å². The van der Waals surface area contributed by atoms with Crippen molar-refractivity contribution in [1.82, 2.24) is 0 Å². The summed E-state index contributed by atoms with van der Waals surface area (Å²) in [6.07, 6.45) is 0. The van der Waals surface area contributed by atoms with Gasteiger partial charge in [0, 0.05) is 19.1 Å². The number of hydrogen-bond donors (Lipinski definition) is 1. The molecule has 82 valence electrons. The van der Waals surface area contributed by atoms with Gasteiger partial charge in [0.05, 0.1) is 16.2 Å². The predicted octanol–water partition coefficient (Wildman–Crippen LogP) is 1.56. The number of nitrogens with zero attached hydrogens (tertiary/aromatic N) is 2. The van der Waals surface area contributed by atoms with E-state index in [-0.39, 0.29) is 11.3 Å². The molecule has 0 radical (unpaired) electrons. The first kappa shape index (κ1) is 11.6. The highest BCUT2D eigenvalue weighted by Crippen LogP contribution is 2.25. The summed E-state index contributed by atoms with van der Waals surface area (Å²) in [5, 5.41) is 21.3. The fourth-order valence-electron chi connectivity index (χ4n) is 1.09. The van der Waals surface area contributed by atoms with E-state index in [1.807, 2.05) is 0 Å². The summed E-state index contributed by atoms with van der Waals surface area (Å²) in [5.74, 6) is -1.60. The highest BCUT2D eigenvalue weighted by molar-refractivity contribution is 5.90. The predicted molar refractivity (Wildman–Crippen MR) is 52.1 cm³/mol. The molecule has 0 aliphatic carbocycles. The second-order valence-corrected chi connectivity index (χ2v) is 2.90. The van der Waals surface area contributed by atoms with Crippen LogP contribution in [0, 0.1) is 27.3 Å². The van der Waals surface area contributed by atoms with Gasteiger partial charge in [0.25, 0.3) is 0 Å². The Hall–Kier alpha value is -2.49. The number of carbonyl (C=O) groups excluding carboxylic acids is 1. The van der Waals surface area contributed by atoms with Crippen LogP contribution < -0.4 is 5.32 Å². The van der Waals surface area contributed by atoms with Crippen LogP contribution in [0.15, 0.2) is 12.1 Å². The molecule has 1 N–H and O–H groups in total. The van der Waals surface area contributed by atoms with E-state index < -0.39 is 22.3 Å². The zero-order valence-corrected chi connectivity index (χ0v) is 8.15. The summed E-state index contributed by atoms with van der Waals surface area (Å²) in [5.41, 5.74) is -1.05. The van der Waals surface area contributed by atoms with Crippen molar-refractivity contribution >= 4 is 17.3 Å². The molecule has 0 saturated carbocycles. The first-order valence-electron chi connectivity index (χ1n) is 4.11. The van der Waals surface area contributed by atoms with Crippen molar-refractivity contribution in [2.75, 3.05) is 5.32 Å². The number of anilines is 1. The number of amides is 1. The van der Waals surface area contributed by atoms with Crippen molar-refractivity contribution < 1.29 is 14.1 Å². The molecule has 0 aliphatic heterocycles. The normalized spacial score (nSPS) is 9.31. The number of hydrogen-bond acceptors (Lipinski definition) is 4. The van der Waals surface area contributed by atoms with E-state index in [4.69, 9.17) is 5.26 Å². The molecule has 0 unspecified atom stereocenters. The molecule has 0 bridgehead atoms. The van der Waals surface area contributed by atoms with Crippen LogP contribution in [0.1, 0.15) is 12.5 Å². The summed E-state index contributed by atoms with van der Waals surface area (Å²) >= 11 is 0. The van der Waals surface area contributed by atoms with Gasteiger partial charge in [-0.2, -0.15) is 9.65 Å². The second-order valence-electron chi connectivity index (χ2n) is 2.90. The molecule has 1 aromatic rings. The van der Waals surface area contributed by atoms with Crippen LogP contribution in [0.3, 0.4) is 0 Å². The lowest BCUT2D eigenvalue weighted by Crippen LogP contribution is -2.08. The molecule has 0 saturated heterocycles. The lowest BCUT2D eigenvalue weighted by molar-refractivity contribution is -0.387. The van der Waals surface area contributed by atoms with E-state index in [2.05, 4.69) is 5.32 Å². The van der Waals surface area contributed by atoms with Crippen molar-refractivity contribution in [3.63, 3.8) is 0 Å². The summed E-state index contributed by atoms with van der Waals surface area (Å²) in [7, 11) is 0. The van der Waals surface area contributed by atoms with Crippen LogP contribution in [0.5, 0.6) is 0 Å². The number of nitrogens with one attached hydrogen (secondary N) is 1. The molecular weight excluding hydrogens is 217 g/mol. The van der Waals surface area contributed by atoms with Crippen molar-refractivity contribution in [3.05, 3.63) is 33.6 Å². The minimum absolute atomic E-state index is 0.0851. The number of nitro benzene ring substituents is 1. The van der Waals surface area contributed by atoms with Crippen molar-refractivity contribution in [2.24, 2.45) is 0 Å². The Balaban J connectivity index is 3.33. The van der Waals surface area contributed by atoms with E-state index in [9.17, 15) is 19.3 Å². The molecule has 1 aromatic carbocycles. The molecule has 1 rings (SSSR count). The van der Waals surface area contributed by atoms with Gasteiger partial charge in [-0.1, -0.05) is 0 Å². The quantitative estimate of drug-likeness (QED) is 0.607. The largest absolute Gasteiger partial charge is 0.325 e. The summed E-state index contributed by atoms with van der Waals surface area (Å²) in [4.78, 5) is 20.2. The number of nitriles is 1. The molecule has 0 spiro atoms. The summed E-state index contributed by atoms with van der Waals surface area (Å²) < 4.78 is 13.2. The third kappa shape index (κ3) is 2.30. The van der Waals surface area contributed by atoms with E-state index in [1.165, 1.54) is 6.92 Å². The fraction of sp³-hybridized carbons (Fsp3) is 0.111. The van der Waals surface area contributed by atoms with Gasteiger partial charge in [0.15, 0.2) is 0 Å². The van der Waals surface area contributed by atoms with E-state index >= 15 is 0 Å². The second kappa shape index (κ2) is 4.35. The van der Waals surface area contributed by atoms with E-state index in [0.717, 1.165) is 12.1 Å². The van der Waals surface area contributed by atoms with Gasteiger partial charge in [0.1, 0.15) is 6.07 Å². The minimum Gasteiger partial charge on any atom is -0.325 e. The van der Waals surface area contributed by atoms with Gasteiger partial charge >= 0.3 is 5.69 Å². The Morgan fingerprint density at radius 3 is 2.69 bits per heavy atom. The van der Waals surface area contributed by atoms with Crippen molar-refractivity contribution in [3.8, 4) is 6.07 Å². The van der Waals surface area contributed by atoms with Crippen LogP contribution in [0.2, 0.25) is 0 Å². The SMILES string of the molecule is CC(=O)Nc1cc(F)c([N+](=O)[O-])cc1C#N. The highest BCUT2D eigenvalue weighted by atomic mass is 19.1. The van der Waals surface area contributed by atoms with Gasteiger partial charge < -0.3 is 5.32 Å². The molecule has 0 aromatic heterocycles. The number of carbonyl (C=O) groups is 1. The lowest BCUT2D eigenvalue weighted by Gasteiger charge is -2.04. The van der Waals surface area contributed by atoms with Gasteiger partial charge in [-0.05, 0) is 0 Å². The Kier molecular flexibility index (Phi) is 3.15. The molecule has 1 amide bonds. The first-order valence-corrected chi connectivity index (χ1v) is 4.11. The lowest BCUT2D eigenvalue weighted by atomic mass is 10.1. The third-order valence-corrected chi connectivity index (χ3v) is 1.71. The molecule has 0 heterocycles. The van der Waals surface area contributed by atoms with Crippen LogP contribution in [-0.2, 0) is 4.79 Å². The Bertz CT molecular complexity index is 507. The number of nitro groups is 1. The van der Waals surface area contributed by atoms with Gasteiger partial charge in [-0.3, -0.25) is 14.9 Å². The maximum atomic E-state index is 13.2. The van der Waals surface area contributed by atoms with Crippen LogP contribution in [0.4, 0.5) is 15.8 Å². The van der Waals surface area contributed by atoms with Gasteiger partial charge in [0.2, 0.25) is 11.7 Å². The monoisotopic (exact) mass is 223 g/mol. The third-order valence-electron chi connectivity index (χ3n) is 1.71. The van der Waals surface area contributed by atoms with Crippen LogP contribution in [0.25, 0.3) is 0 Å². The number of benzene rings is 1. The zero-order valence-electron chi connectivity index (χ0n) is 8.15. The Morgan fingerprint density at radius 2 is 2.25 bits per heavy atom. The Morgan fingerprint density at radius 1 is 1.62 bits per heavy atom. The van der Waals surface area contributed by atoms with E-state index in [1.54, 1.807) is 6.07 Å². The minimum atomic E-state index is -1.10. The molecule has 0 atom stereocenters. The summed E-state index contributed by atoms with van der Waals surface area (Å²) in [6.45, 7) is 1.18. The number of halogens is 1. The molecule has 6 nitrogen and oxygen atoms in total. The number of rotatable bonds is 2. The molecule has 7 heteroatoms. The Labute approximate surface area is 89.4 Å². The van der Waals surface area contributed by atoms with E-state index in [0.29, 0.717) is 0 Å². The smallest absolute Gasteiger partial charge is 0.306 e. The molecule has 0 aliphatic rings. The molecular formula is C9H6FN3O3. The first-order chi connectivity index (χ1) is 7.45. The van der Waals surface area contributed by atoms with Crippen LogP contribution in [-0.4, -0.2) is 10.8 Å². The zero-order chi connectivity index (χ0) is 12.3. The molecule has 0 fully saturated rings. The van der Waals surface area contributed by atoms with Crippen molar-refractivity contribution in [1.29, 1.82) is 5.26 Å². The van der Waals surface area contributed by atoms with Crippen LogP contribution >= 0.6 is 0 Å². The maximum Gasteiger partial charge on any atom is 0.306 e.